The van der Waals surface area contributed by atoms with Crippen LogP contribution in [0.5, 0.6) is 5.75 Å². The van der Waals surface area contributed by atoms with Crippen LogP contribution < -0.4 is 10.1 Å². The van der Waals surface area contributed by atoms with E-state index in [-0.39, 0.29) is 28.8 Å². The van der Waals surface area contributed by atoms with Gasteiger partial charge in [0.05, 0.1) is 5.69 Å². The molecule has 2 rings (SSSR count). The maximum Gasteiger partial charge on any atom is 0.262 e. The van der Waals surface area contributed by atoms with E-state index in [1.54, 1.807) is 0 Å². The average molecular weight is 474 g/mol. The highest BCUT2D eigenvalue weighted by atomic mass is 79.9. The van der Waals surface area contributed by atoms with Crippen LogP contribution in [0.2, 0.25) is 0 Å². The Bertz CT molecular complexity index is 871. The van der Waals surface area contributed by atoms with E-state index in [1.807, 2.05) is 24.3 Å². The van der Waals surface area contributed by atoms with Crippen molar-refractivity contribution in [2.75, 3.05) is 11.9 Å². The van der Waals surface area contributed by atoms with Crippen molar-refractivity contribution < 1.29 is 9.53 Å². The maximum atomic E-state index is 12.3. The number of nitrogens with one attached hydrogen (secondary N) is 1. The SMILES string of the molecule is CC(C)(C)CC(C)(C)c1ccc(OCC(=O)Nc2ccc(C(C)(C)C)cc2Br)cc1. The molecule has 2 aromatic carbocycles. The van der Waals surface area contributed by atoms with Gasteiger partial charge in [-0.05, 0) is 74.0 Å². The molecule has 0 heterocycles. The van der Waals surface area contributed by atoms with Gasteiger partial charge in [-0.15, -0.1) is 0 Å². The lowest BCUT2D eigenvalue weighted by Gasteiger charge is -2.33. The van der Waals surface area contributed by atoms with Crippen molar-refractivity contribution in [2.45, 2.75) is 72.6 Å². The summed E-state index contributed by atoms with van der Waals surface area (Å²) < 4.78 is 6.57. The Kier molecular flexibility index (Phi) is 7.45. The molecular weight excluding hydrogens is 438 g/mol. The zero-order valence-corrected chi connectivity index (χ0v) is 21.2. The number of ether oxygens (including phenoxy) is 1. The smallest absolute Gasteiger partial charge is 0.262 e. The lowest BCUT2D eigenvalue weighted by Crippen LogP contribution is -2.24. The molecule has 0 saturated heterocycles. The molecule has 0 atom stereocenters. The topological polar surface area (TPSA) is 38.3 Å². The number of carbonyl (C=O) groups excluding carboxylic acids is 1. The van der Waals surface area contributed by atoms with E-state index < -0.39 is 0 Å². The van der Waals surface area contributed by atoms with Gasteiger partial charge in [0, 0.05) is 4.47 Å². The predicted octanol–water partition coefficient (Wildman–Crippen LogP) is 7.48. The summed E-state index contributed by atoms with van der Waals surface area (Å²) in [4.78, 5) is 12.3. The Morgan fingerprint density at radius 2 is 1.47 bits per heavy atom. The van der Waals surface area contributed by atoms with Gasteiger partial charge in [-0.1, -0.05) is 73.6 Å². The van der Waals surface area contributed by atoms with E-state index in [9.17, 15) is 4.79 Å². The van der Waals surface area contributed by atoms with Crippen LogP contribution in [0, 0.1) is 5.41 Å². The Balaban J connectivity index is 1.95. The van der Waals surface area contributed by atoms with E-state index >= 15 is 0 Å². The molecule has 0 fully saturated rings. The van der Waals surface area contributed by atoms with Crippen LogP contribution in [0.4, 0.5) is 5.69 Å². The summed E-state index contributed by atoms with van der Waals surface area (Å²) in [5, 5.41) is 2.91. The van der Waals surface area contributed by atoms with Crippen molar-refractivity contribution in [2.24, 2.45) is 5.41 Å². The van der Waals surface area contributed by atoms with Crippen molar-refractivity contribution in [3.63, 3.8) is 0 Å². The van der Waals surface area contributed by atoms with Gasteiger partial charge in [-0.25, -0.2) is 0 Å². The van der Waals surface area contributed by atoms with Crippen LogP contribution in [0.25, 0.3) is 0 Å². The number of rotatable bonds is 6. The number of hydrogen-bond acceptors (Lipinski definition) is 2. The molecule has 0 radical (unpaired) electrons. The minimum atomic E-state index is -0.184. The molecule has 3 nitrogen and oxygen atoms in total. The van der Waals surface area contributed by atoms with Gasteiger partial charge >= 0.3 is 0 Å². The first-order valence-corrected chi connectivity index (χ1v) is 11.3. The molecule has 0 aliphatic heterocycles. The molecule has 164 valence electrons. The second kappa shape index (κ2) is 9.13. The van der Waals surface area contributed by atoms with E-state index in [2.05, 4.69) is 94.8 Å². The third-order valence-corrected chi connectivity index (χ3v) is 5.74. The zero-order valence-electron chi connectivity index (χ0n) is 19.7. The number of carbonyl (C=O) groups is 1. The summed E-state index contributed by atoms with van der Waals surface area (Å²) in [6.07, 6.45) is 1.09. The number of benzene rings is 2. The molecule has 4 heteroatoms. The number of hydrogen-bond donors (Lipinski definition) is 1. The second-order valence-electron chi connectivity index (χ2n) is 10.9. The highest BCUT2D eigenvalue weighted by Gasteiger charge is 2.27. The first kappa shape index (κ1) is 24.5. The monoisotopic (exact) mass is 473 g/mol. The summed E-state index contributed by atoms with van der Waals surface area (Å²) in [6.45, 7) is 17.8. The summed E-state index contributed by atoms with van der Waals surface area (Å²) >= 11 is 3.56. The van der Waals surface area contributed by atoms with Gasteiger partial charge in [-0.3, -0.25) is 4.79 Å². The van der Waals surface area contributed by atoms with E-state index in [0.29, 0.717) is 5.75 Å². The van der Waals surface area contributed by atoms with Crippen molar-refractivity contribution in [1.29, 1.82) is 0 Å². The fourth-order valence-corrected chi connectivity index (χ4v) is 4.33. The minimum Gasteiger partial charge on any atom is -0.484 e. The Morgan fingerprint density at radius 3 is 1.97 bits per heavy atom. The molecule has 0 spiro atoms. The van der Waals surface area contributed by atoms with Crippen LogP contribution in [0.3, 0.4) is 0 Å². The number of amides is 1. The van der Waals surface area contributed by atoms with Crippen LogP contribution in [-0.2, 0) is 15.6 Å². The van der Waals surface area contributed by atoms with Gasteiger partial charge in [0.15, 0.2) is 6.61 Å². The van der Waals surface area contributed by atoms with Gasteiger partial charge < -0.3 is 10.1 Å². The molecule has 0 bridgehead atoms. The third kappa shape index (κ3) is 7.16. The van der Waals surface area contributed by atoms with Crippen molar-refractivity contribution in [3.05, 3.63) is 58.1 Å². The molecule has 0 unspecified atom stereocenters. The van der Waals surface area contributed by atoms with E-state index in [0.717, 1.165) is 16.6 Å². The zero-order chi connectivity index (χ0) is 22.7. The molecule has 0 saturated carbocycles. The number of anilines is 1. The van der Waals surface area contributed by atoms with E-state index in [1.165, 1.54) is 11.1 Å². The highest BCUT2D eigenvalue weighted by molar-refractivity contribution is 9.10. The van der Waals surface area contributed by atoms with Crippen LogP contribution >= 0.6 is 15.9 Å². The van der Waals surface area contributed by atoms with Gasteiger partial charge in [0.1, 0.15) is 5.75 Å². The highest BCUT2D eigenvalue weighted by Crippen LogP contribution is 2.36. The quantitative estimate of drug-likeness (QED) is 0.471. The Morgan fingerprint density at radius 1 is 0.900 bits per heavy atom. The first-order valence-electron chi connectivity index (χ1n) is 10.5. The molecular formula is C26H36BrNO2. The summed E-state index contributed by atoms with van der Waals surface area (Å²) in [7, 11) is 0. The normalized spacial score (nSPS) is 12.6. The largest absolute Gasteiger partial charge is 0.484 e. The molecule has 1 amide bonds. The molecule has 0 aliphatic carbocycles. The Labute approximate surface area is 190 Å². The summed E-state index contributed by atoms with van der Waals surface area (Å²) in [5.41, 5.74) is 3.63. The van der Waals surface area contributed by atoms with Gasteiger partial charge in [0.2, 0.25) is 0 Å². The van der Waals surface area contributed by atoms with Gasteiger partial charge in [-0.2, -0.15) is 0 Å². The minimum absolute atomic E-state index is 0.0296. The molecule has 1 N–H and O–H groups in total. The third-order valence-electron chi connectivity index (χ3n) is 5.09. The fraction of sp³-hybridized carbons (Fsp3) is 0.500. The van der Waals surface area contributed by atoms with Gasteiger partial charge in [0.25, 0.3) is 5.91 Å². The predicted molar refractivity (Wildman–Crippen MR) is 131 cm³/mol. The lowest BCUT2D eigenvalue weighted by molar-refractivity contribution is -0.118. The fourth-order valence-electron chi connectivity index (χ4n) is 3.85. The maximum absolute atomic E-state index is 12.3. The Hall–Kier alpha value is -1.81. The summed E-state index contributed by atoms with van der Waals surface area (Å²) in [5.74, 6) is 0.513. The van der Waals surface area contributed by atoms with Crippen molar-refractivity contribution >= 4 is 27.5 Å². The van der Waals surface area contributed by atoms with Crippen LogP contribution in [0.1, 0.15) is 72.9 Å². The first-order chi connectivity index (χ1) is 13.7. The lowest BCUT2D eigenvalue weighted by atomic mass is 9.72. The number of halogens is 1. The molecule has 30 heavy (non-hydrogen) atoms. The summed E-state index contributed by atoms with van der Waals surface area (Å²) in [6, 6.07) is 14.1. The standard InChI is InChI=1S/C26H36BrNO2/c1-24(2,3)17-26(7,8)18-9-12-20(13-10-18)30-16-23(29)28-22-14-11-19(15-21(22)27)25(4,5)6/h9-15H,16-17H2,1-8H3,(H,28,29). The molecule has 0 aliphatic rings. The van der Waals surface area contributed by atoms with Crippen LogP contribution in [0.15, 0.2) is 46.9 Å². The molecule has 0 aromatic heterocycles. The van der Waals surface area contributed by atoms with Crippen molar-refractivity contribution in [1.82, 2.24) is 0 Å². The second-order valence-corrected chi connectivity index (χ2v) is 11.8. The average Bonchev–Trinajstić information content (AvgIpc) is 2.59. The van der Waals surface area contributed by atoms with Crippen molar-refractivity contribution in [3.8, 4) is 5.75 Å². The van der Waals surface area contributed by atoms with E-state index in [4.69, 9.17) is 4.74 Å². The van der Waals surface area contributed by atoms with Crippen LogP contribution in [-0.4, -0.2) is 12.5 Å². The molecule has 2 aromatic rings.